The quantitative estimate of drug-likeness (QED) is 0.159. The molecule has 1 aliphatic rings. The van der Waals surface area contributed by atoms with Gasteiger partial charge >= 0.3 is 0 Å². The van der Waals surface area contributed by atoms with E-state index in [9.17, 15) is 5.11 Å². The zero-order chi connectivity index (χ0) is 39.3. The molecule has 4 nitrogen and oxygen atoms in total. The first-order valence-corrected chi connectivity index (χ1v) is 19.9. The number of benzene rings is 9. The second kappa shape index (κ2) is 14.3. The minimum Gasteiger partial charge on any atom is -0.508 e. The molecule has 10 aromatic rings. The van der Waals surface area contributed by atoms with Gasteiger partial charge in [0.25, 0.3) is 0 Å². The number of fused-ring (bicyclic) bond motifs is 6. The highest BCUT2D eigenvalue weighted by molar-refractivity contribution is 6.74. The Morgan fingerprint density at radius 2 is 1.05 bits per heavy atom. The summed E-state index contributed by atoms with van der Waals surface area (Å²) in [6.07, 6.45) is 0. The molecule has 277 valence electrons. The highest BCUT2D eigenvalue weighted by Crippen LogP contribution is 2.46. The fraction of sp³-hybridized carbons (Fsp3) is 0. The summed E-state index contributed by atoms with van der Waals surface area (Å²) in [5.74, 6) is 0.183. The first kappa shape index (κ1) is 34.5. The smallest absolute Gasteiger partial charge is 0.198 e. The van der Waals surface area contributed by atoms with Crippen LogP contribution >= 0.6 is 0 Å². The summed E-state index contributed by atoms with van der Waals surface area (Å²) in [6, 6.07) is 71.5. The number of nitrogens with one attached hydrogen (secondary N) is 1. The summed E-state index contributed by atoms with van der Waals surface area (Å²) < 4.78 is 6.87. The van der Waals surface area contributed by atoms with E-state index in [0.717, 1.165) is 100 Å². The molecular weight excluding hydrogens is 719 g/mol. The second-order valence-corrected chi connectivity index (χ2v) is 15.0. The Bertz CT molecular complexity index is 3140. The lowest BCUT2D eigenvalue weighted by Gasteiger charge is -2.35. The molecule has 0 bridgehead atoms. The lowest BCUT2D eigenvalue weighted by atomic mass is 9.57. The first-order valence-electron chi connectivity index (χ1n) is 19.9. The largest absolute Gasteiger partial charge is 0.508 e. The van der Waals surface area contributed by atoms with E-state index in [1.54, 1.807) is 6.07 Å². The monoisotopic (exact) mass is 755 g/mol. The summed E-state index contributed by atoms with van der Waals surface area (Å²) in [7, 11) is 2.30. The highest BCUT2D eigenvalue weighted by Gasteiger charge is 2.32. The van der Waals surface area contributed by atoms with E-state index < -0.39 is 0 Å². The Kier molecular flexibility index (Phi) is 8.37. The van der Waals surface area contributed by atoms with E-state index >= 15 is 0 Å². The van der Waals surface area contributed by atoms with Crippen LogP contribution in [-0.4, -0.2) is 12.4 Å². The second-order valence-electron chi connectivity index (χ2n) is 15.0. The molecule has 0 unspecified atom stereocenters. The van der Waals surface area contributed by atoms with Gasteiger partial charge < -0.3 is 19.7 Å². The van der Waals surface area contributed by atoms with Gasteiger partial charge in [0.15, 0.2) is 12.9 Å². The average Bonchev–Trinajstić information content (AvgIpc) is 3.68. The molecule has 0 spiro atoms. The Hall–Kier alpha value is -7.76. The number of hydrogen-bond acceptors (Lipinski definition) is 4. The molecule has 9 aromatic carbocycles. The van der Waals surface area contributed by atoms with E-state index in [1.807, 2.05) is 36.4 Å². The van der Waals surface area contributed by atoms with E-state index in [0.29, 0.717) is 0 Å². The van der Waals surface area contributed by atoms with Gasteiger partial charge in [-0.05, 0) is 99.0 Å². The molecule has 0 amide bonds. The Morgan fingerprint density at radius 1 is 0.475 bits per heavy atom. The molecule has 0 atom stereocenters. The fourth-order valence-corrected chi connectivity index (χ4v) is 8.51. The van der Waals surface area contributed by atoms with Crippen LogP contribution in [0.4, 0.5) is 28.4 Å². The first-order chi connectivity index (χ1) is 29.1. The number of rotatable bonds is 7. The third kappa shape index (κ3) is 6.21. The van der Waals surface area contributed by atoms with Gasteiger partial charge in [0.05, 0.1) is 11.4 Å². The number of hydrogen-bond donors (Lipinski definition) is 2. The van der Waals surface area contributed by atoms with Crippen LogP contribution in [0.15, 0.2) is 211 Å². The SMILES string of the molecule is Oc1ccc(-c2cc3c(oc4ccccc43)c3c2[B]c2cc(-c4ccccc4)ccc2N3c2ccc(-c3ccccc3)cc2)c(Nc2ccc(-c3ccccc3)cc2)c1. The molecule has 59 heavy (non-hydrogen) atoms. The maximum atomic E-state index is 11.0. The van der Waals surface area contributed by atoms with Gasteiger partial charge in [0.1, 0.15) is 11.3 Å². The molecule has 5 heteroatoms. The Balaban J connectivity index is 1.13. The van der Waals surface area contributed by atoms with Crippen LogP contribution in [0.5, 0.6) is 5.75 Å². The topological polar surface area (TPSA) is 48.6 Å². The summed E-state index contributed by atoms with van der Waals surface area (Å²) in [5.41, 5.74) is 17.4. The van der Waals surface area contributed by atoms with Crippen molar-refractivity contribution in [3.63, 3.8) is 0 Å². The standard InChI is InChI=1S/C54H36BN2O2/c58-43-29-30-44(49(33-43)56-41-25-20-38(21-26-41)35-12-4-1-5-13-35)46-34-47-45-18-10-11-19-51(45)59-54(47)53-52(46)55-48-32-40(37-16-8-3-9-17-37)24-31-50(48)57(53)42-27-22-39(23-28-42)36-14-6-2-7-15-36/h1-34,56,58H. The van der Waals surface area contributed by atoms with E-state index in [4.69, 9.17) is 4.42 Å². The molecule has 1 aliphatic heterocycles. The predicted molar refractivity (Wildman–Crippen MR) is 247 cm³/mol. The average molecular weight is 756 g/mol. The maximum Gasteiger partial charge on any atom is 0.198 e. The van der Waals surface area contributed by atoms with Crippen molar-refractivity contribution in [1.82, 2.24) is 0 Å². The molecule has 2 N–H and O–H groups in total. The van der Waals surface area contributed by atoms with Crippen LogP contribution in [0.25, 0.3) is 66.4 Å². The van der Waals surface area contributed by atoms with Crippen LogP contribution in [0.1, 0.15) is 0 Å². The fourth-order valence-electron chi connectivity index (χ4n) is 8.51. The zero-order valence-corrected chi connectivity index (χ0v) is 32.0. The number of furan rings is 1. The van der Waals surface area contributed by atoms with Crippen molar-refractivity contribution in [3.05, 3.63) is 206 Å². The van der Waals surface area contributed by atoms with Crippen LogP contribution in [0.3, 0.4) is 0 Å². The van der Waals surface area contributed by atoms with Crippen LogP contribution in [-0.2, 0) is 0 Å². The van der Waals surface area contributed by atoms with Gasteiger partial charge in [-0.2, -0.15) is 0 Å². The summed E-state index contributed by atoms with van der Waals surface area (Å²) >= 11 is 0. The van der Waals surface area contributed by atoms with Gasteiger partial charge in [-0.3, -0.25) is 0 Å². The number of anilines is 5. The predicted octanol–water partition coefficient (Wildman–Crippen LogP) is 13.1. The summed E-state index contributed by atoms with van der Waals surface area (Å²) in [4.78, 5) is 2.36. The van der Waals surface area contributed by atoms with Crippen molar-refractivity contribution in [1.29, 1.82) is 0 Å². The van der Waals surface area contributed by atoms with Crippen LogP contribution < -0.4 is 21.1 Å². The zero-order valence-electron chi connectivity index (χ0n) is 32.0. The minimum atomic E-state index is 0.183. The molecule has 0 aliphatic carbocycles. The number of nitrogens with zero attached hydrogens (tertiary/aromatic N) is 1. The van der Waals surface area contributed by atoms with Crippen molar-refractivity contribution in [3.8, 4) is 50.3 Å². The van der Waals surface area contributed by atoms with Gasteiger partial charge in [0, 0.05) is 39.5 Å². The molecule has 1 aromatic heterocycles. The molecule has 0 saturated heterocycles. The van der Waals surface area contributed by atoms with Crippen molar-refractivity contribution in [2.45, 2.75) is 0 Å². The third-order valence-corrected chi connectivity index (χ3v) is 11.4. The van der Waals surface area contributed by atoms with Crippen molar-refractivity contribution < 1.29 is 9.52 Å². The van der Waals surface area contributed by atoms with Crippen molar-refractivity contribution >= 4 is 68.6 Å². The lowest BCUT2D eigenvalue weighted by Crippen LogP contribution is -2.41. The van der Waals surface area contributed by atoms with Crippen molar-refractivity contribution in [2.75, 3.05) is 10.2 Å². The summed E-state index contributed by atoms with van der Waals surface area (Å²) in [5, 5.41) is 16.7. The van der Waals surface area contributed by atoms with Gasteiger partial charge in [-0.1, -0.05) is 151 Å². The number of para-hydroxylation sites is 1. The lowest BCUT2D eigenvalue weighted by molar-refractivity contribution is 0.475. The Labute approximate surface area is 343 Å². The minimum absolute atomic E-state index is 0.183. The maximum absolute atomic E-state index is 11.0. The Morgan fingerprint density at radius 3 is 1.73 bits per heavy atom. The molecule has 0 fully saturated rings. The van der Waals surface area contributed by atoms with E-state index in [-0.39, 0.29) is 5.75 Å². The summed E-state index contributed by atoms with van der Waals surface area (Å²) in [6.45, 7) is 0. The van der Waals surface area contributed by atoms with Crippen LogP contribution in [0.2, 0.25) is 0 Å². The molecule has 1 radical (unpaired) electrons. The molecule has 0 saturated carbocycles. The van der Waals surface area contributed by atoms with E-state index in [2.05, 4.69) is 181 Å². The number of phenols is 1. The molecule has 11 rings (SSSR count). The van der Waals surface area contributed by atoms with Gasteiger partial charge in [-0.15, -0.1) is 0 Å². The number of aromatic hydroxyl groups is 1. The van der Waals surface area contributed by atoms with Crippen molar-refractivity contribution in [2.24, 2.45) is 0 Å². The third-order valence-electron chi connectivity index (χ3n) is 11.4. The number of phenolic OH excluding ortho intramolecular Hbond substituents is 1. The normalized spacial score (nSPS) is 11.9. The highest BCUT2D eigenvalue weighted by atomic mass is 16.3. The molecular formula is C54H36BN2O2. The van der Waals surface area contributed by atoms with Gasteiger partial charge in [-0.25, -0.2) is 0 Å². The molecule has 2 heterocycles. The van der Waals surface area contributed by atoms with Crippen LogP contribution in [0, 0.1) is 0 Å². The van der Waals surface area contributed by atoms with E-state index in [1.165, 1.54) is 5.56 Å². The van der Waals surface area contributed by atoms with Gasteiger partial charge in [0.2, 0.25) is 0 Å².